The number of phenolic OH excluding ortho intramolecular Hbond substituents is 1. The van der Waals surface area contributed by atoms with Crippen molar-refractivity contribution in [2.75, 3.05) is 0 Å². The maximum Gasteiger partial charge on any atom is 0.156 e. The number of benzene rings is 2. The number of rotatable bonds is 3. The molecule has 1 N–H and O–H groups in total. The number of nitrogens with zero attached hydrogens (tertiary/aromatic N) is 3. The van der Waals surface area contributed by atoms with Gasteiger partial charge in [0.2, 0.25) is 0 Å². The molecule has 2 aromatic heterocycles. The molecule has 0 saturated carbocycles. The maximum absolute atomic E-state index is 14.7. The molecule has 0 bridgehead atoms. The fraction of sp³-hybridized carbons (Fsp3) is 0.182. The van der Waals surface area contributed by atoms with Gasteiger partial charge in [-0.1, -0.05) is 13.8 Å². The number of aromatic hydroxyl groups is 1. The van der Waals surface area contributed by atoms with E-state index in [4.69, 9.17) is 0 Å². The lowest BCUT2D eigenvalue weighted by Gasteiger charge is -2.11. The van der Waals surface area contributed by atoms with E-state index in [0.717, 1.165) is 12.1 Å². The number of aryl methyl sites for hydroxylation is 1. The number of phenols is 1. The molecule has 2 heterocycles. The number of aromatic nitrogens is 3. The van der Waals surface area contributed by atoms with Gasteiger partial charge >= 0.3 is 0 Å². The maximum atomic E-state index is 14.7. The van der Waals surface area contributed by atoms with Gasteiger partial charge in [0.1, 0.15) is 23.2 Å². The minimum absolute atomic E-state index is 0.117. The summed E-state index contributed by atoms with van der Waals surface area (Å²) in [5.74, 6) is -2.71. The van der Waals surface area contributed by atoms with Gasteiger partial charge in [0.25, 0.3) is 0 Å². The van der Waals surface area contributed by atoms with Gasteiger partial charge in [-0.3, -0.25) is 9.38 Å². The molecule has 0 fully saturated rings. The first-order valence-electron chi connectivity index (χ1n) is 9.09. The monoisotopic (exact) mass is 397 g/mol. The Labute approximate surface area is 165 Å². The van der Waals surface area contributed by atoms with Gasteiger partial charge in [0.05, 0.1) is 28.8 Å². The van der Waals surface area contributed by atoms with Crippen molar-refractivity contribution in [3.05, 3.63) is 71.4 Å². The largest absolute Gasteiger partial charge is 0.508 e. The van der Waals surface area contributed by atoms with Crippen LogP contribution in [0.5, 0.6) is 5.75 Å². The van der Waals surface area contributed by atoms with Gasteiger partial charge in [-0.15, -0.1) is 0 Å². The van der Waals surface area contributed by atoms with Gasteiger partial charge in [-0.05, 0) is 36.6 Å². The molecular formula is C22H18F3N3O. The summed E-state index contributed by atoms with van der Waals surface area (Å²) in [6.45, 7) is 5.40. The Bertz CT molecular complexity index is 1220. The summed E-state index contributed by atoms with van der Waals surface area (Å²) in [5, 5.41) is 9.51. The highest BCUT2D eigenvalue weighted by Crippen LogP contribution is 2.36. The molecule has 148 valence electrons. The Kier molecular flexibility index (Phi) is 4.53. The lowest BCUT2D eigenvalue weighted by atomic mass is 10.0. The molecular weight excluding hydrogens is 379 g/mol. The molecule has 4 nitrogen and oxygen atoms in total. The second-order valence-electron chi connectivity index (χ2n) is 7.25. The van der Waals surface area contributed by atoms with E-state index in [1.165, 1.54) is 12.3 Å². The van der Waals surface area contributed by atoms with E-state index in [1.807, 2.05) is 13.8 Å². The molecule has 0 unspecified atom stereocenters. The number of hydrogen-bond donors (Lipinski definition) is 1. The average molecular weight is 397 g/mol. The first-order valence-corrected chi connectivity index (χ1v) is 9.09. The minimum atomic E-state index is -0.887. The van der Waals surface area contributed by atoms with Crippen molar-refractivity contribution in [1.82, 2.24) is 14.4 Å². The third-order valence-electron chi connectivity index (χ3n) is 4.80. The smallest absolute Gasteiger partial charge is 0.156 e. The first-order chi connectivity index (χ1) is 13.8. The molecule has 0 amide bonds. The Morgan fingerprint density at radius 1 is 1.00 bits per heavy atom. The summed E-state index contributed by atoms with van der Waals surface area (Å²) in [6, 6.07) is 6.34. The zero-order valence-corrected chi connectivity index (χ0v) is 16.0. The zero-order valence-electron chi connectivity index (χ0n) is 16.0. The van der Waals surface area contributed by atoms with Crippen molar-refractivity contribution in [3.63, 3.8) is 0 Å². The van der Waals surface area contributed by atoms with Crippen molar-refractivity contribution in [1.29, 1.82) is 0 Å². The van der Waals surface area contributed by atoms with E-state index in [9.17, 15) is 18.3 Å². The van der Waals surface area contributed by atoms with Gasteiger partial charge in [-0.2, -0.15) is 0 Å². The van der Waals surface area contributed by atoms with Crippen LogP contribution in [-0.4, -0.2) is 19.5 Å². The lowest BCUT2D eigenvalue weighted by Crippen LogP contribution is -2.00. The predicted octanol–water partition coefficient (Wildman–Crippen LogP) is 5.62. The van der Waals surface area contributed by atoms with Gasteiger partial charge in [-0.25, -0.2) is 18.2 Å². The summed E-state index contributed by atoms with van der Waals surface area (Å²) < 4.78 is 44.5. The summed E-state index contributed by atoms with van der Waals surface area (Å²) in [6.07, 6.45) is 3.14. The van der Waals surface area contributed by atoms with Crippen LogP contribution in [0.25, 0.3) is 28.2 Å². The number of hydrogen-bond acceptors (Lipinski definition) is 3. The highest BCUT2D eigenvalue weighted by Gasteiger charge is 2.24. The summed E-state index contributed by atoms with van der Waals surface area (Å²) in [4.78, 5) is 8.89. The number of halogens is 3. The molecule has 0 aliphatic carbocycles. The number of imidazole rings is 1. The average Bonchev–Trinajstić information content (AvgIpc) is 3.02. The summed E-state index contributed by atoms with van der Waals surface area (Å²) >= 11 is 0. The van der Waals surface area contributed by atoms with Crippen molar-refractivity contribution >= 4 is 5.65 Å². The lowest BCUT2D eigenvalue weighted by molar-refractivity contribution is 0.461. The van der Waals surface area contributed by atoms with Crippen LogP contribution < -0.4 is 0 Å². The topological polar surface area (TPSA) is 50.4 Å². The molecule has 4 rings (SSSR count). The Balaban J connectivity index is 2.02. The molecule has 4 aromatic rings. The summed E-state index contributed by atoms with van der Waals surface area (Å²) in [5.41, 5.74) is 2.56. The fourth-order valence-corrected chi connectivity index (χ4v) is 3.36. The minimum Gasteiger partial charge on any atom is -0.508 e. The van der Waals surface area contributed by atoms with Crippen LogP contribution in [0.2, 0.25) is 0 Å². The molecule has 7 heteroatoms. The molecule has 2 aromatic carbocycles. The van der Waals surface area contributed by atoms with E-state index in [1.54, 1.807) is 29.7 Å². The summed E-state index contributed by atoms with van der Waals surface area (Å²) in [7, 11) is 0. The van der Waals surface area contributed by atoms with Crippen molar-refractivity contribution < 1.29 is 18.3 Å². The SMILES string of the molecule is Cc1cc(-c2cn3c(-c4c(F)cc(O)cc4F)c(C(C)C)nc3cn2)ccc1F. The second kappa shape index (κ2) is 6.92. The third-order valence-corrected chi connectivity index (χ3v) is 4.80. The Hall–Kier alpha value is -3.35. The Morgan fingerprint density at radius 3 is 2.31 bits per heavy atom. The van der Waals surface area contributed by atoms with E-state index in [0.29, 0.717) is 28.2 Å². The molecule has 0 radical (unpaired) electrons. The number of fused-ring (bicyclic) bond motifs is 1. The van der Waals surface area contributed by atoms with Crippen LogP contribution in [0.4, 0.5) is 13.2 Å². The Morgan fingerprint density at radius 2 is 1.69 bits per heavy atom. The van der Waals surface area contributed by atoms with Crippen LogP contribution in [0.1, 0.15) is 31.0 Å². The normalized spacial score (nSPS) is 11.6. The molecule has 0 saturated heterocycles. The van der Waals surface area contributed by atoms with Crippen molar-refractivity contribution in [3.8, 4) is 28.3 Å². The third kappa shape index (κ3) is 3.22. The highest BCUT2D eigenvalue weighted by atomic mass is 19.1. The van der Waals surface area contributed by atoms with Crippen LogP contribution in [-0.2, 0) is 0 Å². The molecule has 0 aliphatic rings. The first kappa shape index (κ1) is 19.0. The molecule has 0 aliphatic heterocycles. The van der Waals surface area contributed by atoms with Gasteiger partial charge in [0.15, 0.2) is 5.65 Å². The molecule has 0 spiro atoms. The highest BCUT2D eigenvalue weighted by molar-refractivity contribution is 5.71. The standard InChI is InChI=1S/C22H18F3N3O/c1-11(2)21-22(20-16(24)7-14(29)8-17(20)25)28-10-18(26-9-19(28)27-21)13-4-5-15(23)12(3)6-13/h4-11,29H,1-3H3. The fourth-order valence-electron chi connectivity index (χ4n) is 3.36. The van der Waals surface area contributed by atoms with Crippen LogP contribution in [0.3, 0.4) is 0 Å². The van der Waals surface area contributed by atoms with E-state index in [-0.39, 0.29) is 23.0 Å². The van der Waals surface area contributed by atoms with Gasteiger partial charge < -0.3 is 5.11 Å². The zero-order chi connectivity index (χ0) is 20.9. The van der Waals surface area contributed by atoms with E-state index in [2.05, 4.69) is 9.97 Å². The molecule has 29 heavy (non-hydrogen) atoms. The quantitative estimate of drug-likeness (QED) is 0.488. The van der Waals surface area contributed by atoms with Crippen molar-refractivity contribution in [2.24, 2.45) is 0 Å². The second-order valence-corrected chi connectivity index (χ2v) is 7.25. The van der Waals surface area contributed by atoms with Gasteiger partial charge in [0, 0.05) is 23.9 Å². The molecule has 0 atom stereocenters. The van der Waals surface area contributed by atoms with Crippen LogP contribution >= 0.6 is 0 Å². The predicted molar refractivity (Wildman–Crippen MR) is 104 cm³/mol. The van der Waals surface area contributed by atoms with Crippen LogP contribution in [0.15, 0.2) is 42.7 Å². The van der Waals surface area contributed by atoms with Crippen LogP contribution in [0, 0.1) is 24.4 Å². The van der Waals surface area contributed by atoms with E-state index >= 15 is 0 Å². The van der Waals surface area contributed by atoms with Crippen molar-refractivity contribution in [2.45, 2.75) is 26.7 Å². The van der Waals surface area contributed by atoms with E-state index < -0.39 is 17.4 Å².